The average molecular weight is 229 g/mol. The van der Waals surface area contributed by atoms with Crippen LogP contribution in [0.3, 0.4) is 0 Å². The van der Waals surface area contributed by atoms with Gasteiger partial charge in [-0.1, -0.05) is 0 Å². The Labute approximate surface area is 103 Å². The Balaban J connectivity index is 2.18. The van der Waals surface area contributed by atoms with Crippen molar-refractivity contribution in [2.24, 2.45) is 0 Å². The first-order chi connectivity index (χ1) is 8.06. The highest BCUT2D eigenvalue weighted by Crippen LogP contribution is 2.12. The number of rotatable bonds is 3. The maximum absolute atomic E-state index is 4.15. The molecule has 0 spiro atoms. The van der Waals surface area contributed by atoms with Gasteiger partial charge in [-0.05, 0) is 45.0 Å². The fourth-order valence-corrected chi connectivity index (χ4v) is 1.66. The molecule has 2 aromatic rings. The van der Waals surface area contributed by atoms with Crippen molar-refractivity contribution in [1.82, 2.24) is 14.9 Å². The van der Waals surface area contributed by atoms with E-state index in [1.165, 1.54) is 5.69 Å². The van der Waals surface area contributed by atoms with Gasteiger partial charge in [-0.15, -0.1) is 0 Å². The smallest absolute Gasteiger partial charge is 0.0636 e. The molecule has 0 fully saturated rings. The Kier molecular flexibility index (Phi) is 3.29. The fourth-order valence-electron chi connectivity index (χ4n) is 1.66. The summed E-state index contributed by atoms with van der Waals surface area (Å²) in [7, 11) is 0. The number of aromatic nitrogens is 2. The monoisotopic (exact) mass is 229 g/mol. The van der Waals surface area contributed by atoms with Gasteiger partial charge in [0.25, 0.3) is 0 Å². The van der Waals surface area contributed by atoms with Gasteiger partial charge in [-0.25, -0.2) is 0 Å². The standard InChI is InChI=1S/C14H19N3/c1-14(2,3)16-11-13-7-5-9-17(13)12-6-4-8-15-10-12/h4-10,16H,11H2,1-3H3. The van der Waals surface area contributed by atoms with E-state index in [1.807, 2.05) is 12.3 Å². The molecule has 0 saturated carbocycles. The zero-order valence-electron chi connectivity index (χ0n) is 10.6. The number of hydrogen-bond acceptors (Lipinski definition) is 2. The van der Waals surface area contributed by atoms with Gasteiger partial charge in [0.15, 0.2) is 0 Å². The minimum absolute atomic E-state index is 0.129. The molecule has 90 valence electrons. The molecule has 0 aromatic carbocycles. The van der Waals surface area contributed by atoms with Crippen LogP contribution in [0.1, 0.15) is 26.5 Å². The topological polar surface area (TPSA) is 29.9 Å². The second-order valence-corrected chi connectivity index (χ2v) is 5.18. The summed E-state index contributed by atoms with van der Waals surface area (Å²) < 4.78 is 2.16. The Morgan fingerprint density at radius 2 is 2.06 bits per heavy atom. The van der Waals surface area contributed by atoms with Crippen LogP contribution in [-0.4, -0.2) is 15.1 Å². The van der Waals surface area contributed by atoms with Crippen LogP contribution >= 0.6 is 0 Å². The third kappa shape index (κ3) is 3.17. The minimum atomic E-state index is 0.129. The van der Waals surface area contributed by atoms with Crippen molar-refractivity contribution < 1.29 is 0 Å². The average Bonchev–Trinajstić information content (AvgIpc) is 2.75. The summed E-state index contributed by atoms with van der Waals surface area (Å²) in [5.74, 6) is 0. The lowest BCUT2D eigenvalue weighted by molar-refractivity contribution is 0.420. The Hall–Kier alpha value is -1.61. The normalized spacial score (nSPS) is 11.7. The first-order valence-electron chi connectivity index (χ1n) is 5.88. The number of nitrogens with one attached hydrogen (secondary N) is 1. The summed E-state index contributed by atoms with van der Waals surface area (Å²) in [4.78, 5) is 4.15. The summed E-state index contributed by atoms with van der Waals surface area (Å²) >= 11 is 0. The molecule has 0 atom stereocenters. The first-order valence-corrected chi connectivity index (χ1v) is 5.88. The summed E-state index contributed by atoms with van der Waals surface area (Å²) in [6.45, 7) is 7.37. The van der Waals surface area contributed by atoms with Crippen molar-refractivity contribution in [1.29, 1.82) is 0 Å². The van der Waals surface area contributed by atoms with Crippen molar-refractivity contribution >= 4 is 0 Å². The van der Waals surface area contributed by atoms with E-state index in [1.54, 1.807) is 6.20 Å². The number of pyridine rings is 1. The fraction of sp³-hybridized carbons (Fsp3) is 0.357. The summed E-state index contributed by atoms with van der Waals surface area (Å²) in [6, 6.07) is 8.21. The van der Waals surface area contributed by atoms with Crippen molar-refractivity contribution in [3.05, 3.63) is 48.5 Å². The third-order valence-corrected chi connectivity index (χ3v) is 2.56. The van der Waals surface area contributed by atoms with Crippen molar-refractivity contribution in [3.63, 3.8) is 0 Å². The molecule has 0 unspecified atom stereocenters. The largest absolute Gasteiger partial charge is 0.318 e. The molecule has 0 aliphatic heterocycles. The zero-order valence-corrected chi connectivity index (χ0v) is 10.6. The van der Waals surface area contributed by atoms with Crippen LogP contribution in [0.15, 0.2) is 42.9 Å². The molecule has 17 heavy (non-hydrogen) atoms. The quantitative estimate of drug-likeness (QED) is 0.877. The predicted molar refractivity (Wildman–Crippen MR) is 70.2 cm³/mol. The second kappa shape index (κ2) is 4.72. The summed E-state index contributed by atoms with van der Waals surface area (Å²) in [5.41, 5.74) is 2.47. The summed E-state index contributed by atoms with van der Waals surface area (Å²) in [6.07, 6.45) is 5.73. The van der Waals surface area contributed by atoms with E-state index in [-0.39, 0.29) is 5.54 Å². The van der Waals surface area contributed by atoms with Gasteiger partial charge in [0, 0.05) is 30.2 Å². The Morgan fingerprint density at radius 1 is 1.24 bits per heavy atom. The van der Waals surface area contributed by atoms with Gasteiger partial charge in [0.05, 0.1) is 11.9 Å². The molecule has 3 nitrogen and oxygen atoms in total. The van der Waals surface area contributed by atoms with Crippen LogP contribution in [0.4, 0.5) is 0 Å². The highest BCUT2D eigenvalue weighted by atomic mass is 15.0. The predicted octanol–water partition coefficient (Wildman–Crippen LogP) is 2.76. The molecule has 3 heteroatoms. The SMILES string of the molecule is CC(C)(C)NCc1cccn1-c1cccnc1. The Bertz CT molecular complexity index is 466. The molecule has 0 amide bonds. The Morgan fingerprint density at radius 3 is 2.71 bits per heavy atom. The highest BCUT2D eigenvalue weighted by Gasteiger charge is 2.10. The van der Waals surface area contributed by atoms with Gasteiger partial charge in [0.1, 0.15) is 0 Å². The molecule has 0 aliphatic carbocycles. The second-order valence-electron chi connectivity index (χ2n) is 5.18. The lowest BCUT2D eigenvalue weighted by atomic mass is 10.1. The van der Waals surface area contributed by atoms with E-state index in [0.29, 0.717) is 0 Å². The molecule has 0 bridgehead atoms. The van der Waals surface area contributed by atoms with Gasteiger partial charge in [-0.2, -0.15) is 0 Å². The van der Waals surface area contributed by atoms with Crippen LogP contribution in [0.2, 0.25) is 0 Å². The van der Waals surface area contributed by atoms with E-state index < -0.39 is 0 Å². The molecule has 2 aromatic heterocycles. The molecule has 0 saturated heterocycles. The van der Waals surface area contributed by atoms with Gasteiger partial charge in [-0.3, -0.25) is 4.98 Å². The van der Waals surface area contributed by atoms with E-state index in [0.717, 1.165) is 12.2 Å². The zero-order chi connectivity index (χ0) is 12.3. The first kappa shape index (κ1) is 11.9. The number of hydrogen-bond donors (Lipinski definition) is 1. The molecule has 0 aliphatic rings. The van der Waals surface area contributed by atoms with Crippen molar-refractivity contribution in [3.8, 4) is 5.69 Å². The lowest BCUT2D eigenvalue weighted by Crippen LogP contribution is -2.35. The molecular weight excluding hydrogens is 210 g/mol. The van der Waals surface area contributed by atoms with Crippen molar-refractivity contribution in [2.75, 3.05) is 0 Å². The van der Waals surface area contributed by atoms with Crippen LogP contribution in [0, 0.1) is 0 Å². The number of nitrogens with zero attached hydrogens (tertiary/aromatic N) is 2. The van der Waals surface area contributed by atoms with Crippen LogP contribution < -0.4 is 5.32 Å². The summed E-state index contributed by atoms with van der Waals surface area (Å²) in [5, 5.41) is 3.49. The van der Waals surface area contributed by atoms with Crippen LogP contribution in [0.25, 0.3) is 5.69 Å². The van der Waals surface area contributed by atoms with E-state index in [2.05, 4.69) is 60.0 Å². The van der Waals surface area contributed by atoms with Crippen LogP contribution in [-0.2, 0) is 6.54 Å². The van der Waals surface area contributed by atoms with Crippen molar-refractivity contribution in [2.45, 2.75) is 32.9 Å². The minimum Gasteiger partial charge on any atom is -0.318 e. The van der Waals surface area contributed by atoms with Gasteiger partial charge < -0.3 is 9.88 Å². The molecule has 0 radical (unpaired) electrons. The van der Waals surface area contributed by atoms with E-state index in [4.69, 9.17) is 0 Å². The maximum atomic E-state index is 4.15. The molecule has 2 rings (SSSR count). The van der Waals surface area contributed by atoms with Gasteiger partial charge in [0.2, 0.25) is 0 Å². The molecule has 2 heterocycles. The van der Waals surface area contributed by atoms with E-state index in [9.17, 15) is 0 Å². The molecular formula is C14H19N3. The highest BCUT2D eigenvalue weighted by molar-refractivity contribution is 5.31. The van der Waals surface area contributed by atoms with E-state index >= 15 is 0 Å². The van der Waals surface area contributed by atoms with Gasteiger partial charge >= 0.3 is 0 Å². The third-order valence-electron chi connectivity index (χ3n) is 2.56. The maximum Gasteiger partial charge on any atom is 0.0636 e. The van der Waals surface area contributed by atoms with Crippen LogP contribution in [0.5, 0.6) is 0 Å². The lowest BCUT2D eigenvalue weighted by Gasteiger charge is -2.21. The molecule has 1 N–H and O–H groups in total.